The molecule has 0 unspecified atom stereocenters. The molecule has 0 radical (unpaired) electrons. The summed E-state index contributed by atoms with van der Waals surface area (Å²) in [7, 11) is 0. The molecule has 4 aromatic rings. The quantitative estimate of drug-likeness (QED) is 0.429. The standard InChI is InChI=1S/2C11H9NO.Be.2H/c2*13-11-7-3-2-6-10(11)12-8-4-1-5-9-12;;;/h2*1-9H;;;/p+2. The molecular weight excluding hydrogens is 333 g/mol. The molecule has 2 aromatic carbocycles. The molecule has 0 aliphatic rings. The molecule has 0 aliphatic carbocycles. The van der Waals surface area contributed by atoms with E-state index in [2.05, 4.69) is 0 Å². The fourth-order valence-electron chi connectivity index (χ4n) is 2.48. The Bertz CT molecular complexity index is 883. The van der Waals surface area contributed by atoms with Crippen molar-refractivity contribution >= 4 is 10.1 Å². The number of nitrogens with zero attached hydrogens (tertiary/aromatic N) is 2. The zero-order chi connectivity index (χ0) is 18.2. The summed E-state index contributed by atoms with van der Waals surface area (Å²) in [6.45, 7) is 0. The minimum atomic E-state index is 0. The number of hydrogen-bond donors (Lipinski definition) is 2. The maximum atomic E-state index is 9.54. The Kier molecular flexibility index (Phi) is 7.24. The van der Waals surface area contributed by atoms with E-state index in [1.165, 1.54) is 0 Å². The summed E-state index contributed by atoms with van der Waals surface area (Å²) < 4.78 is 3.74. The van der Waals surface area contributed by atoms with Gasteiger partial charge in [0.1, 0.15) is 0 Å². The molecule has 0 aliphatic heterocycles. The molecule has 0 saturated heterocycles. The van der Waals surface area contributed by atoms with E-state index in [-0.39, 0.29) is 10.1 Å². The number of benzene rings is 2. The molecule has 27 heavy (non-hydrogen) atoms. The second-order valence-corrected chi connectivity index (χ2v) is 5.54. The van der Waals surface area contributed by atoms with Gasteiger partial charge >= 0.3 is 10.1 Å². The van der Waals surface area contributed by atoms with Gasteiger partial charge in [0.15, 0.2) is 36.3 Å². The van der Waals surface area contributed by atoms with Gasteiger partial charge in [-0.2, -0.15) is 9.13 Å². The Balaban J connectivity index is 0.000000187. The van der Waals surface area contributed by atoms with Crippen LogP contribution in [0, 0.1) is 0 Å². The first-order valence-electron chi connectivity index (χ1n) is 8.25. The van der Waals surface area contributed by atoms with Crippen LogP contribution < -0.4 is 9.13 Å². The first kappa shape index (κ1) is 19.8. The van der Waals surface area contributed by atoms with Crippen molar-refractivity contribution in [3.05, 3.63) is 110 Å². The van der Waals surface area contributed by atoms with E-state index in [4.69, 9.17) is 0 Å². The fourth-order valence-corrected chi connectivity index (χ4v) is 2.48. The van der Waals surface area contributed by atoms with Crippen LogP contribution in [0.5, 0.6) is 11.5 Å². The molecule has 0 saturated carbocycles. The molecule has 0 atom stereocenters. The summed E-state index contributed by atoms with van der Waals surface area (Å²) >= 11 is 0. The number of phenolic OH excluding ortho intramolecular Hbond substituents is 2. The van der Waals surface area contributed by atoms with Crippen molar-refractivity contribution < 1.29 is 19.3 Å². The molecule has 5 heteroatoms. The molecule has 2 heterocycles. The molecule has 0 spiro atoms. The number of rotatable bonds is 2. The van der Waals surface area contributed by atoms with Crippen molar-refractivity contribution in [3.8, 4) is 22.9 Å². The van der Waals surface area contributed by atoms with Crippen LogP contribution in [0.4, 0.5) is 0 Å². The van der Waals surface area contributed by atoms with Gasteiger partial charge in [0.25, 0.3) is 11.4 Å². The summed E-state index contributed by atoms with van der Waals surface area (Å²) in [4.78, 5) is 0. The number of aromatic nitrogens is 2. The van der Waals surface area contributed by atoms with Crippen LogP contribution in [0.3, 0.4) is 0 Å². The normalized spacial score (nSPS) is 9.48. The molecule has 4 rings (SSSR count). The first-order chi connectivity index (χ1) is 12.8. The third kappa shape index (κ3) is 5.24. The first-order valence-corrected chi connectivity index (χ1v) is 8.25. The number of hydrogen-bond acceptors (Lipinski definition) is 2. The second-order valence-electron chi connectivity index (χ2n) is 5.54. The number of pyridine rings is 2. The van der Waals surface area contributed by atoms with Crippen molar-refractivity contribution in [1.82, 2.24) is 0 Å². The summed E-state index contributed by atoms with van der Waals surface area (Å²) in [5, 5.41) is 19.1. The van der Waals surface area contributed by atoms with Crippen LogP contribution in [0.15, 0.2) is 110 Å². The van der Waals surface area contributed by atoms with Gasteiger partial charge in [-0.1, -0.05) is 36.4 Å². The van der Waals surface area contributed by atoms with Gasteiger partial charge in [0, 0.05) is 36.4 Å². The molecule has 4 nitrogen and oxygen atoms in total. The molecule has 2 aromatic heterocycles. The van der Waals surface area contributed by atoms with Crippen molar-refractivity contribution in [1.29, 1.82) is 0 Å². The zero-order valence-electron chi connectivity index (χ0n) is 14.2. The van der Waals surface area contributed by atoms with Crippen LogP contribution in [-0.4, -0.2) is 20.3 Å². The number of phenols is 2. The molecular formula is C22H22BeN2O2+2. The van der Waals surface area contributed by atoms with Crippen LogP contribution >= 0.6 is 0 Å². The van der Waals surface area contributed by atoms with Crippen molar-refractivity contribution in [2.75, 3.05) is 0 Å². The molecule has 0 fully saturated rings. The third-order valence-corrected chi connectivity index (χ3v) is 3.75. The van der Waals surface area contributed by atoms with E-state index in [9.17, 15) is 10.2 Å². The van der Waals surface area contributed by atoms with E-state index in [1.807, 2.05) is 107 Å². The fraction of sp³-hybridized carbons (Fsp3) is 0. The Morgan fingerprint density at radius 3 is 1.11 bits per heavy atom. The zero-order valence-corrected chi connectivity index (χ0v) is 14.2. The van der Waals surface area contributed by atoms with E-state index in [1.54, 1.807) is 12.1 Å². The van der Waals surface area contributed by atoms with Crippen LogP contribution in [0.1, 0.15) is 0 Å². The average molecular weight is 355 g/mol. The molecule has 2 N–H and O–H groups in total. The van der Waals surface area contributed by atoms with Gasteiger partial charge in [-0.3, -0.25) is 0 Å². The summed E-state index contributed by atoms with van der Waals surface area (Å²) in [5.74, 6) is 0.581. The summed E-state index contributed by atoms with van der Waals surface area (Å²) in [6, 6.07) is 26.1. The molecule has 0 bridgehead atoms. The summed E-state index contributed by atoms with van der Waals surface area (Å²) in [6.07, 6.45) is 7.59. The van der Waals surface area contributed by atoms with Gasteiger partial charge in [0.05, 0.1) is 0 Å². The van der Waals surface area contributed by atoms with E-state index < -0.39 is 0 Å². The topological polar surface area (TPSA) is 48.2 Å². The Morgan fingerprint density at radius 1 is 0.444 bits per heavy atom. The van der Waals surface area contributed by atoms with E-state index in [0.717, 1.165) is 11.4 Å². The monoisotopic (exact) mass is 355 g/mol. The second kappa shape index (κ2) is 9.85. The summed E-state index contributed by atoms with van der Waals surface area (Å²) in [5.41, 5.74) is 1.59. The Hall–Kier alpha value is -3.49. The SMILES string of the molecule is Oc1ccccc1-[n+]1ccccc1.Oc1ccccc1-[n+]1ccccc1.[BeH2]. The van der Waals surface area contributed by atoms with Gasteiger partial charge in [-0.05, 0) is 12.1 Å². The maximum absolute atomic E-state index is 9.54. The van der Waals surface area contributed by atoms with Gasteiger partial charge in [-0.25, -0.2) is 0 Å². The molecule has 0 amide bonds. The number of aromatic hydroxyl groups is 2. The van der Waals surface area contributed by atoms with Crippen LogP contribution in [0.2, 0.25) is 0 Å². The predicted octanol–water partition coefficient (Wildman–Crippen LogP) is 2.42. The van der Waals surface area contributed by atoms with Crippen molar-refractivity contribution in [2.24, 2.45) is 0 Å². The van der Waals surface area contributed by atoms with E-state index >= 15 is 0 Å². The van der Waals surface area contributed by atoms with Crippen LogP contribution in [0.25, 0.3) is 11.4 Å². The minimum absolute atomic E-state index is 0. The molecule has 132 valence electrons. The van der Waals surface area contributed by atoms with Crippen LogP contribution in [-0.2, 0) is 0 Å². The Labute approximate surface area is 162 Å². The van der Waals surface area contributed by atoms with Gasteiger partial charge in [0.2, 0.25) is 0 Å². The van der Waals surface area contributed by atoms with Crippen molar-refractivity contribution in [2.45, 2.75) is 0 Å². The third-order valence-electron chi connectivity index (χ3n) is 3.75. The van der Waals surface area contributed by atoms with Gasteiger partial charge in [-0.15, -0.1) is 0 Å². The van der Waals surface area contributed by atoms with Gasteiger partial charge < -0.3 is 10.2 Å². The predicted molar refractivity (Wildman–Crippen MR) is 108 cm³/mol. The van der Waals surface area contributed by atoms with Crippen molar-refractivity contribution in [3.63, 3.8) is 0 Å². The van der Waals surface area contributed by atoms with E-state index in [0.29, 0.717) is 11.5 Å². The average Bonchev–Trinajstić information content (AvgIpc) is 2.71. The number of para-hydroxylation sites is 4. The Morgan fingerprint density at radius 2 is 0.778 bits per heavy atom.